The van der Waals surface area contributed by atoms with Crippen molar-refractivity contribution in [3.63, 3.8) is 0 Å². The number of benzene rings is 1. The van der Waals surface area contributed by atoms with Gasteiger partial charge in [-0.2, -0.15) is 0 Å². The summed E-state index contributed by atoms with van der Waals surface area (Å²) < 4.78 is 0. The van der Waals surface area contributed by atoms with Crippen LogP contribution in [-0.2, 0) is 11.3 Å². The number of nitro groups is 1. The predicted octanol–water partition coefficient (Wildman–Crippen LogP) is 1.96. The summed E-state index contributed by atoms with van der Waals surface area (Å²) in [6.45, 7) is 2.04. The molecule has 0 aliphatic carbocycles. The van der Waals surface area contributed by atoms with Crippen LogP contribution in [0.4, 0.5) is 5.69 Å². The molecule has 1 aromatic carbocycles. The van der Waals surface area contributed by atoms with Crippen molar-refractivity contribution >= 4 is 23.2 Å². The maximum atomic E-state index is 11.8. The van der Waals surface area contributed by atoms with Crippen molar-refractivity contribution < 1.29 is 9.72 Å². The Labute approximate surface area is 121 Å². The Morgan fingerprint density at radius 1 is 1.40 bits per heavy atom. The van der Waals surface area contributed by atoms with E-state index in [1.165, 1.54) is 12.1 Å². The Morgan fingerprint density at radius 3 is 2.75 bits per heavy atom. The minimum absolute atomic E-state index is 0.00974. The number of likely N-dealkylation sites (tertiary alicyclic amines) is 1. The Morgan fingerprint density at radius 2 is 2.10 bits per heavy atom. The zero-order valence-corrected chi connectivity index (χ0v) is 11.7. The van der Waals surface area contributed by atoms with Crippen molar-refractivity contribution in [3.05, 3.63) is 38.9 Å². The van der Waals surface area contributed by atoms with E-state index in [4.69, 9.17) is 11.6 Å². The maximum absolute atomic E-state index is 11.8. The van der Waals surface area contributed by atoms with Crippen LogP contribution in [0.5, 0.6) is 0 Å². The van der Waals surface area contributed by atoms with E-state index in [0.717, 1.165) is 25.9 Å². The zero-order chi connectivity index (χ0) is 14.5. The third-order valence-corrected chi connectivity index (χ3v) is 3.52. The molecule has 7 heteroatoms. The van der Waals surface area contributed by atoms with Crippen LogP contribution in [-0.4, -0.2) is 35.4 Å². The summed E-state index contributed by atoms with van der Waals surface area (Å²) in [6, 6.07) is 4.41. The van der Waals surface area contributed by atoms with Crippen molar-refractivity contribution in [1.82, 2.24) is 10.2 Å². The Balaban J connectivity index is 1.91. The van der Waals surface area contributed by atoms with E-state index >= 15 is 0 Å². The molecule has 1 aliphatic rings. The van der Waals surface area contributed by atoms with Gasteiger partial charge in [-0.1, -0.05) is 11.6 Å². The van der Waals surface area contributed by atoms with Crippen molar-refractivity contribution in [2.45, 2.75) is 19.4 Å². The molecule has 1 amide bonds. The van der Waals surface area contributed by atoms with E-state index in [0.29, 0.717) is 10.6 Å². The summed E-state index contributed by atoms with van der Waals surface area (Å²) in [5.41, 5.74) is 0.493. The first-order valence-electron chi connectivity index (χ1n) is 6.49. The number of carbonyl (C=O) groups is 1. The fourth-order valence-electron chi connectivity index (χ4n) is 2.26. The average molecular weight is 298 g/mol. The summed E-state index contributed by atoms with van der Waals surface area (Å²) >= 11 is 5.84. The summed E-state index contributed by atoms with van der Waals surface area (Å²) in [5.74, 6) is 0.0344. The van der Waals surface area contributed by atoms with Gasteiger partial charge in [-0.3, -0.25) is 14.9 Å². The number of carbonyl (C=O) groups excluding carboxylic acids is 1. The monoisotopic (exact) mass is 297 g/mol. The van der Waals surface area contributed by atoms with Crippen LogP contribution < -0.4 is 5.32 Å². The van der Waals surface area contributed by atoms with E-state index in [1.54, 1.807) is 11.0 Å². The molecule has 0 radical (unpaired) electrons. The van der Waals surface area contributed by atoms with Crippen LogP contribution in [0.2, 0.25) is 5.02 Å². The summed E-state index contributed by atoms with van der Waals surface area (Å²) in [5, 5.41) is 14.3. The first-order valence-corrected chi connectivity index (χ1v) is 6.87. The Hall–Kier alpha value is -1.66. The molecule has 0 atom stereocenters. The molecule has 0 saturated carbocycles. The predicted molar refractivity (Wildman–Crippen MR) is 75.6 cm³/mol. The van der Waals surface area contributed by atoms with E-state index in [-0.39, 0.29) is 24.7 Å². The second-order valence-corrected chi connectivity index (χ2v) is 5.16. The van der Waals surface area contributed by atoms with Crippen LogP contribution in [0.25, 0.3) is 0 Å². The Kier molecular flexibility index (Phi) is 4.92. The highest BCUT2D eigenvalue weighted by molar-refractivity contribution is 6.30. The number of amides is 1. The molecule has 1 aromatic rings. The molecule has 1 aliphatic heterocycles. The third kappa shape index (κ3) is 3.68. The van der Waals surface area contributed by atoms with Crippen molar-refractivity contribution in [2.75, 3.05) is 19.6 Å². The Bertz CT molecular complexity index is 516. The highest BCUT2D eigenvalue weighted by atomic mass is 35.5. The minimum Gasteiger partial charge on any atom is -0.342 e. The molecule has 1 fully saturated rings. The lowest BCUT2D eigenvalue weighted by Gasteiger charge is -2.15. The van der Waals surface area contributed by atoms with Gasteiger partial charge < -0.3 is 10.2 Å². The van der Waals surface area contributed by atoms with Gasteiger partial charge in [0.05, 0.1) is 11.5 Å². The second-order valence-electron chi connectivity index (χ2n) is 4.72. The average Bonchev–Trinajstić information content (AvgIpc) is 2.92. The van der Waals surface area contributed by atoms with Gasteiger partial charge in [-0.15, -0.1) is 0 Å². The van der Waals surface area contributed by atoms with Gasteiger partial charge in [0.2, 0.25) is 5.91 Å². The normalized spacial score (nSPS) is 14.6. The molecule has 1 N–H and O–H groups in total. The van der Waals surface area contributed by atoms with E-state index in [1.807, 2.05) is 0 Å². The number of hydrogen-bond donors (Lipinski definition) is 1. The molecule has 0 bridgehead atoms. The third-order valence-electron chi connectivity index (χ3n) is 3.29. The van der Waals surface area contributed by atoms with Crippen molar-refractivity contribution in [3.8, 4) is 0 Å². The minimum atomic E-state index is -0.449. The fourth-order valence-corrected chi connectivity index (χ4v) is 2.45. The quantitative estimate of drug-likeness (QED) is 0.666. The van der Waals surface area contributed by atoms with Gasteiger partial charge >= 0.3 is 0 Å². The van der Waals surface area contributed by atoms with Crippen molar-refractivity contribution in [1.29, 1.82) is 0 Å². The summed E-state index contributed by atoms with van der Waals surface area (Å²) in [6.07, 6.45) is 2.09. The maximum Gasteiger partial charge on any atom is 0.273 e. The van der Waals surface area contributed by atoms with E-state index < -0.39 is 4.92 Å². The second kappa shape index (κ2) is 6.67. The van der Waals surface area contributed by atoms with Crippen molar-refractivity contribution in [2.24, 2.45) is 0 Å². The molecule has 1 saturated heterocycles. The van der Waals surface area contributed by atoms with Crippen LogP contribution in [0.3, 0.4) is 0 Å². The molecule has 0 unspecified atom stereocenters. The number of halogens is 1. The van der Waals surface area contributed by atoms with Crippen LogP contribution >= 0.6 is 11.6 Å². The molecule has 20 heavy (non-hydrogen) atoms. The number of hydrogen-bond acceptors (Lipinski definition) is 4. The summed E-state index contributed by atoms with van der Waals surface area (Å²) in [4.78, 5) is 24.1. The molecular weight excluding hydrogens is 282 g/mol. The van der Waals surface area contributed by atoms with Gasteiger partial charge in [0.15, 0.2) is 0 Å². The van der Waals surface area contributed by atoms with Gasteiger partial charge in [0.25, 0.3) is 5.69 Å². The molecule has 108 valence electrons. The van der Waals surface area contributed by atoms with Gasteiger partial charge in [0.1, 0.15) is 0 Å². The number of nitrogens with zero attached hydrogens (tertiary/aromatic N) is 2. The molecule has 6 nitrogen and oxygen atoms in total. The highest BCUT2D eigenvalue weighted by Gasteiger charge is 2.18. The fraction of sp³-hybridized carbons (Fsp3) is 0.462. The standard InChI is InChI=1S/C13H16ClN3O3/c14-11-3-4-12(17(19)20)10(7-11)8-15-9-13(18)16-5-1-2-6-16/h3-4,7,15H,1-2,5-6,8-9H2. The van der Waals surface area contributed by atoms with Gasteiger partial charge in [0, 0.05) is 36.3 Å². The lowest BCUT2D eigenvalue weighted by atomic mass is 10.2. The van der Waals surface area contributed by atoms with E-state index in [9.17, 15) is 14.9 Å². The molecule has 2 rings (SSSR count). The van der Waals surface area contributed by atoms with Gasteiger partial charge in [-0.25, -0.2) is 0 Å². The van der Waals surface area contributed by atoms with Gasteiger partial charge in [-0.05, 0) is 25.0 Å². The van der Waals surface area contributed by atoms with Crippen LogP contribution in [0, 0.1) is 10.1 Å². The molecular formula is C13H16ClN3O3. The molecule has 1 heterocycles. The smallest absolute Gasteiger partial charge is 0.273 e. The summed E-state index contributed by atoms with van der Waals surface area (Å²) in [7, 11) is 0. The van der Waals surface area contributed by atoms with Crippen LogP contribution in [0.1, 0.15) is 18.4 Å². The lowest BCUT2D eigenvalue weighted by molar-refractivity contribution is -0.385. The largest absolute Gasteiger partial charge is 0.342 e. The topological polar surface area (TPSA) is 75.5 Å². The lowest BCUT2D eigenvalue weighted by Crippen LogP contribution is -2.36. The first-order chi connectivity index (χ1) is 9.58. The zero-order valence-electron chi connectivity index (χ0n) is 11.0. The molecule has 0 spiro atoms. The van der Waals surface area contributed by atoms with E-state index in [2.05, 4.69) is 5.32 Å². The SMILES string of the molecule is O=C(CNCc1cc(Cl)ccc1[N+](=O)[O-])N1CCCC1. The number of nitrogens with one attached hydrogen (secondary N) is 1. The van der Waals surface area contributed by atoms with Crippen LogP contribution in [0.15, 0.2) is 18.2 Å². The first kappa shape index (κ1) is 14.7. The highest BCUT2D eigenvalue weighted by Crippen LogP contribution is 2.22. The number of rotatable bonds is 5. The molecule has 0 aromatic heterocycles. The number of nitro benzene ring substituents is 1.